The molecule has 0 aliphatic heterocycles. The Morgan fingerprint density at radius 3 is 2.19 bits per heavy atom. The van der Waals surface area contributed by atoms with E-state index in [2.05, 4.69) is 17.7 Å². The molecule has 0 heterocycles. The third-order valence-corrected chi connectivity index (χ3v) is 2.79. The molecule has 2 N–H and O–H groups in total. The largest absolute Gasteiger partial charge is 0.469 e. The van der Waals surface area contributed by atoms with Gasteiger partial charge in [-0.05, 0) is 31.6 Å². The van der Waals surface area contributed by atoms with Crippen molar-refractivity contribution < 1.29 is 18.9 Å². The van der Waals surface area contributed by atoms with Gasteiger partial charge in [0.05, 0.1) is 6.61 Å². The van der Waals surface area contributed by atoms with Crippen LogP contribution in [0.1, 0.15) is 32.1 Å². The van der Waals surface area contributed by atoms with Crippen molar-refractivity contribution in [2.45, 2.75) is 32.1 Å². The monoisotopic (exact) mass is 248 g/mol. The maximum atomic E-state index is 10.4. The molecule has 0 fully saturated rings. The number of phosphoric ester groups is 1. The normalized spacial score (nSPS) is 11.7. The van der Waals surface area contributed by atoms with Gasteiger partial charge < -0.3 is 9.79 Å². The first-order chi connectivity index (χ1) is 7.49. The molecule has 4 nitrogen and oxygen atoms in total. The molecule has 0 bridgehead atoms. The number of allylic oxidation sites excluding steroid dienone is 2. The van der Waals surface area contributed by atoms with Crippen LogP contribution >= 0.6 is 7.82 Å². The van der Waals surface area contributed by atoms with Crippen molar-refractivity contribution in [1.29, 1.82) is 0 Å². The molecular weight excluding hydrogens is 227 g/mol. The molecule has 0 aromatic heterocycles. The predicted octanol–water partition coefficient (Wildman–Crippen LogP) is 3.03. The summed E-state index contributed by atoms with van der Waals surface area (Å²) in [6.07, 6.45) is 8.24. The van der Waals surface area contributed by atoms with Crippen molar-refractivity contribution in [3.05, 3.63) is 25.3 Å². The quantitative estimate of drug-likeness (QED) is 0.354. The van der Waals surface area contributed by atoms with Crippen molar-refractivity contribution in [1.82, 2.24) is 0 Å². The highest BCUT2D eigenvalue weighted by atomic mass is 31.2. The van der Waals surface area contributed by atoms with Crippen molar-refractivity contribution in [2.24, 2.45) is 5.92 Å². The average Bonchev–Trinajstić information content (AvgIpc) is 2.16. The van der Waals surface area contributed by atoms with Crippen LogP contribution in [0.5, 0.6) is 0 Å². The van der Waals surface area contributed by atoms with Gasteiger partial charge in [-0.3, -0.25) is 4.52 Å². The van der Waals surface area contributed by atoms with Gasteiger partial charge in [0, 0.05) is 0 Å². The Hall–Kier alpha value is -0.410. The summed E-state index contributed by atoms with van der Waals surface area (Å²) in [5.74, 6) is 0.532. The molecule has 0 unspecified atom stereocenters. The Labute approximate surface area is 97.3 Å². The van der Waals surface area contributed by atoms with Crippen LogP contribution in [0.15, 0.2) is 25.3 Å². The van der Waals surface area contributed by atoms with Crippen LogP contribution < -0.4 is 0 Å². The SMILES string of the molecule is C=CCC(CC=C)CCCCOP(=O)(O)O. The molecule has 0 spiro atoms. The average molecular weight is 248 g/mol. The second-order valence-corrected chi connectivity index (χ2v) is 4.97. The maximum Gasteiger partial charge on any atom is 0.469 e. The van der Waals surface area contributed by atoms with Gasteiger partial charge in [-0.25, -0.2) is 4.57 Å². The highest BCUT2D eigenvalue weighted by molar-refractivity contribution is 7.46. The molecule has 0 aromatic carbocycles. The van der Waals surface area contributed by atoms with Crippen molar-refractivity contribution >= 4 is 7.82 Å². The fourth-order valence-electron chi connectivity index (χ4n) is 1.52. The van der Waals surface area contributed by atoms with Gasteiger partial charge >= 0.3 is 7.82 Å². The summed E-state index contributed by atoms with van der Waals surface area (Å²) in [5.41, 5.74) is 0. The van der Waals surface area contributed by atoms with E-state index in [0.29, 0.717) is 12.3 Å². The third-order valence-electron chi connectivity index (χ3n) is 2.27. The maximum absolute atomic E-state index is 10.4. The van der Waals surface area contributed by atoms with Crippen LogP contribution in [-0.2, 0) is 9.09 Å². The summed E-state index contributed by atoms with van der Waals surface area (Å²) in [6, 6.07) is 0. The van der Waals surface area contributed by atoms with Crippen molar-refractivity contribution in [3.63, 3.8) is 0 Å². The standard InChI is InChI=1S/C11H21O4P/c1-3-7-11(8-4-2)9-5-6-10-15-16(12,13)14/h3-4,11H,1-2,5-10H2,(H2,12,13,14). The zero-order valence-electron chi connectivity index (χ0n) is 9.55. The van der Waals surface area contributed by atoms with Gasteiger partial charge in [0.25, 0.3) is 0 Å². The van der Waals surface area contributed by atoms with E-state index in [1.165, 1.54) is 0 Å². The first kappa shape index (κ1) is 15.6. The Kier molecular flexibility index (Phi) is 8.49. The molecule has 0 amide bonds. The van der Waals surface area contributed by atoms with Crippen molar-refractivity contribution in [2.75, 3.05) is 6.61 Å². The summed E-state index contributed by atoms with van der Waals surface area (Å²) < 4.78 is 14.7. The molecular formula is C11H21O4P. The summed E-state index contributed by atoms with van der Waals surface area (Å²) in [7, 11) is -4.29. The Morgan fingerprint density at radius 2 is 1.75 bits per heavy atom. The van der Waals surface area contributed by atoms with E-state index >= 15 is 0 Å². The summed E-state index contributed by atoms with van der Waals surface area (Å²) in [5, 5.41) is 0. The van der Waals surface area contributed by atoms with E-state index in [9.17, 15) is 4.57 Å². The van der Waals surface area contributed by atoms with Gasteiger partial charge in [-0.15, -0.1) is 13.2 Å². The first-order valence-corrected chi connectivity index (χ1v) is 6.94. The zero-order chi connectivity index (χ0) is 12.4. The lowest BCUT2D eigenvalue weighted by Crippen LogP contribution is -1.99. The van der Waals surface area contributed by atoms with E-state index in [1.54, 1.807) is 0 Å². The molecule has 0 atom stereocenters. The summed E-state index contributed by atoms with van der Waals surface area (Å²) in [4.78, 5) is 16.9. The Balaban J connectivity index is 3.57. The Bertz CT molecular complexity index is 236. The van der Waals surface area contributed by atoms with Gasteiger partial charge in [0.2, 0.25) is 0 Å². The minimum atomic E-state index is -4.29. The summed E-state index contributed by atoms with van der Waals surface area (Å²) in [6.45, 7) is 7.51. The number of phosphoric acid groups is 1. The van der Waals surface area contributed by atoms with E-state index < -0.39 is 7.82 Å². The zero-order valence-corrected chi connectivity index (χ0v) is 10.4. The third kappa shape index (κ3) is 10.1. The van der Waals surface area contributed by atoms with Crippen LogP contribution in [0.3, 0.4) is 0 Å². The fourth-order valence-corrected chi connectivity index (χ4v) is 1.89. The molecule has 0 aromatic rings. The van der Waals surface area contributed by atoms with Gasteiger partial charge in [-0.2, -0.15) is 0 Å². The molecule has 0 aliphatic rings. The summed E-state index contributed by atoms with van der Waals surface area (Å²) >= 11 is 0. The van der Waals surface area contributed by atoms with Gasteiger partial charge in [0.15, 0.2) is 0 Å². The lowest BCUT2D eigenvalue weighted by molar-refractivity contribution is 0.192. The molecule has 0 aliphatic carbocycles. The molecule has 5 heteroatoms. The Morgan fingerprint density at radius 1 is 1.19 bits per heavy atom. The topological polar surface area (TPSA) is 66.8 Å². The number of hydrogen-bond acceptors (Lipinski definition) is 2. The fraction of sp³-hybridized carbons (Fsp3) is 0.636. The molecule has 0 saturated carbocycles. The van der Waals surface area contributed by atoms with Crippen LogP contribution in [0, 0.1) is 5.92 Å². The molecule has 0 rings (SSSR count). The molecule has 94 valence electrons. The van der Waals surface area contributed by atoms with Crippen molar-refractivity contribution in [3.8, 4) is 0 Å². The second-order valence-electron chi connectivity index (χ2n) is 3.73. The first-order valence-electron chi connectivity index (χ1n) is 5.41. The predicted molar refractivity (Wildman–Crippen MR) is 65.0 cm³/mol. The molecule has 0 saturated heterocycles. The van der Waals surface area contributed by atoms with Crippen LogP contribution in [0.2, 0.25) is 0 Å². The highest BCUT2D eigenvalue weighted by Crippen LogP contribution is 2.35. The van der Waals surface area contributed by atoms with E-state index in [-0.39, 0.29) is 6.61 Å². The van der Waals surface area contributed by atoms with Crippen LogP contribution in [0.25, 0.3) is 0 Å². The minimum absolute atomic E-state index is 0.110. The number of hydrogen-bond donors (Lipinski definition) is 2. The smallest absolute Gasteiger partial charge is 0.303 e. The van der Waals surface area contributed by atoms with Gasteiger partial charge in [0.1, 0.15) is 0 Å². The van der Waals surface area contributed by atoms with Crippen LogP contribution in [-0.4, -0.2) is 16.4 Å². The van der Waals surface area contributed by atoms with Gasteiger partial charge in [-0.1, -0.05) is 18.6 Å². The van der Waals surface area contributed by atoms with Crippen LogP contribution in [0.4, 0.5) is 0 Å². The lowest BCUT2D eigenvalue weighted by Gasteiger charge is -2.12. The highest BCUT2D eigenvalue weighted by Gasteiger charge is 2.12. The molecule has 0 radical (unpaired) electrons. The lowest BCUT2D eigenvalue weighted by atomic mass is 9.95. The number of unbranched alkanes of at least 4 members (excludes halogenated alkanes) is 1. The van der Waals surface area contributed by atoms with E-state index in [0.717, 1.165) is 25.7 Å². The minimum Gasteiger partial charge on any atom is -0.303 e. The number of rotatable bonds is 10. The molecule has 16 heavy (non-hydrogen) atoms. The second kappa shape index (κ2) is 8.71. The van der Waals surface area contributed by atoms with E-state index in [1.807, 2.05) is 12.2 Å². The van der Waals surface area contributed by atoms with E-state index in [4.69, 9.17) is 9.79 Å².